The number of nitrogens with zero attached hydrogens (tertiary/aromatic N) is 3. The molecule has 6 nitrogen and oxygen atoms in total. The number of esters is 1. The molecule has 7 heteroatoms. The summed E-state index contributed by atoms with van der Waals surface area (Å²) in [6, 6.07) is 6.84. The fourth-order valence-electron chi connectivity index (χ4n) is 4.23. The molecular weight excluding hydrogens is 371 g/mol. The predicted octanol–water partition coefficient (Wildman–Crippen LogP) is 3.72. The zero-order valence-corrected chi connectivity index (χ0v) is 17.0. The van der Waals surface area contributed by atoms with E-state index in [0.717, 1.165) is 52.8 Å². The molecule has 0 saturated heterocycles. The standard InChI is InChI=1S/C22H25FN4O2/c1-4-29-21(28)12-27-19-7-5-15(23)10-17(19)18-11-16(6-8-20(18)27)26-22-24-13(2)9-14(3)25-22/h5,7,9-10,16H,4,6,8,11-12H2,1-3H3,(H,24,25,26)/t16-/m0/s1. The highest BCUT2D eigenvalue weighted by molar-refractivity contribution is 5.87. The van der Waals surface area contributed by atoms with Crippen molar-refractivity contribution >= 4 is 22.8 Å². The Bertz CT molecular complexity index is 1060. The summed E-state index contributed by atoms with van der Waals surface area (Å²) >= 11 is 0. The molecule has 0 aliphatic heterocycles. The summed E-state index contributed by atoms with van der Waals surface area (Å²) in [6.45, 7) is 6.18. The predicted molar refractivity (Wildman–Crippen MR) is 109 cm³/mol. The van der Waals surface area contributed by atoms with Crippen molar-refractivity contribution in [2.75, 3.05) is 11.9 Å². The quantitative estimate of drug-likeness (QED) is 0.666. The van der Waals surface area contributed by atoms with E-state index in [1.54, 1.807) is 19.1 Å². The number of benzene rings is 1. The Morgan fingerprint density at radius 3 is 2.76 bits per heavy atom. The number of fused-ring (bicyclic) bond motifs is 3. The average Bonchev–Trinajstić information content (AvgIpc) is 2.94. The van der Waals surface area contributed by atoms with Gasteiger partial charge in [-0.25, -0.2) is 14.4 Å². The van der Waals surface area contributed by atoms with Crippen LogP contribution in [0.5, 0.6) is 0 Å². The first kappa shape index (κ1) is 19.4. The molecule has 1 aliphatic rings. The van der Waals surface area contributed by atoms with Crippen LogP contribution in [0.3, 0.4) is 0 Å². The normalized spacial score (nSPS) is 15.9. The van der Waals surface area contributed by atoms with Crippen LogP contribution in [0.4, 0.5) is 10.3 Å². The smallest absolute Gasteiger partial charge is 0.325 e. The van der Waals surface area contributed by atoms with E-state index < -0.39 is 0 Å². The first-order valence-electron chi connectivity index (χ1n) is 9.98. The van der Waals surface area contributed by atoms with Crippen molar-refractivity contribution in [2.45, 2.75) is 52.6 Å². The first-order valence-corrected chi connectivity index (χ1v) is 9.98. The van der Waals surface area contributed by atoms with Crippen molar-refractivity contribution in [2.24, 2.45) is 0 Å². The summed E-state index contributed by atoms with van der Waals surface area (Å²) in [4.78, 5) is 21.1. The van der Waals surface area contributed by atoms with Gasteiger partial charge in [0.05, 0.1) is 6.61 Å². The van der Waals surface area contributed by atoms with E-state index in [-0.39, 0.29) is 24.4 Å². The maximum absolute atomic E-state index is 14.0. The zero-order chi connectivity index (χ0) is 20.5. The Morgan fingerprint density at radius 1 is 1.28 bits per heavy atom. The largest absolute Gasteiger partial charge is 0.465 e. The van der Waals surface area contributed by atoms with Crippen molar-refractivity contribution < 1.29 is 13.9 Å². The highest BCUT2D eigenvalue weighted by Gasteiger charge is 2.27. The number of carbonyl (C=O) groups is 1. The molecule has 0 unspecified atom stereocenters. The van der Waals surface area contributed by atoms with Gasteiger partial charge in [0.1, 0.15) is 12.4 Å². The summed E-state index contributed by atoms with van der Waals surface area (Å²) < 4.78 is 21.1. The molecule has 1 aliphatic carbocycles. The van der Waals surface area contributed by atoms with Crippen molar-refractivity contribution in [3.05, 3.63) is 52.7 Å². The molecule has 0 radical (unpaired) electrons. The molecule has 0 fully saturated rings. The molecule has 152 valence electrons. The molecule has 29 heavy (non-hydrogen) atoms. The van der Waals surface area contributed by atoms with Gasteiger partial charge in [-0.1, -0.05) is 0 Å². The maximum atomic E-state index is 14.0. The molecule has 0 bridgehead atoms. The highest BCUT2D eigenvalue weighted by Crippen LogP contribution is 2.33. The molecule has 3 aromatic rings. The average molecular weight is 396 g/mol. The minimum Gasteiger partial charge on any atom is -0.465 e. The topological polar surface area (TPSA) is 69.0 Å². The second kappa shape index (κ2) is 7.81. The van der Waals surface area contributed by atoms with Crippen LogP contribution in [-0.2, 0) is 28.9 Å². The minimum absolute atomic E-state index is 0.142. The van der Waals surface area contributed by atoms with Gasteiger partial charge in [0.2, 0.25) is 5.95 Å². The van der Waals surface area contributed by atoms with Gasteiger partial charge in [-0.3, -0.25) is 4.79 Å². The molecule has 4 rings (SSSR count). The third-order valence-electron chi connectivity index (χ3n) is 5.34. The van der Waals surface area contributed by atoms with Crippen LogP contribution in [0.1, 0.15) is 36.0 Å². The number of aromatic nitrogens is 3. The van der Waals surface area contributed by atoms with Gasteiger partial charge in [-0.2, -0.15) is 0 Å². The Morgan fingerprint density at radius 2 is 2.03 bits per heavy atom. The maximum Gasteiger partial charge on any atom is 0.325 e. The van der Waals surface area contributed by atoms with E-state index in [1.165, 1.54) is 6.07 Å². The molecule has 1 atom stereocenters. The second-order valence-corrected chi connectivity index (χ2v) is 7.54. The molecule has 2 heterocycles. The van der Waals surface area contributed by atoms with Gasteiger partial charge in [0.15, 0.2) is 0 Å². The minimum atomic E-state index is -0.277. The number of nitrogens with one attached hydrogen (secondary N) is 1. The number of aryl methyl sites for hydroxylation is 2. The molecule has 0 spiro atoms. The highest BCUT2D eigenvalue weighted by atomic mass is 19.1. The lowest BCUT2D eigenvalue weighted by Crippen LogP contribution is -2.29. The van der Waals surface area contributed by atoms with Crippen LogP contribution in [0.25, 0.3) is 10.9 Å². The fraction of sp³-hybridized carbons (Fsp3) is 0.409. The van der Waals surface area contributed by atoms with Gasteiger partial charge < -0.3 is 14.6 Å². The lowest BCUT2D eigenvalue weighted by molar-refractivity contribution is -0.143. The summed E-state index contributed by atoms with van der Waals surface area (Å²) in [5, 5.41) is 4.29. The first-order chi connectivity index (χ1) is 13.9. The van der Waals surface area contributed by atoms with Crippen LogP contribution in [0.2, 0.25) is 0 Å². The second-order valence-electron chi connectivity index (χ2n) is 7.54. The van der Waals surface area contributed by atoms with E-state index in [0.29, 0.717) is 12.6 Å². The lowest BCUT2D eigenvalue weighted by Gasteiger charge is -2.25. The van der Waals surface area contributed by atoms with E-state index in [2.05, 4.69) is 15.3 Å². The Hall–Kier alpha value is -2.96. The van der Waals surface area contributed by atoms with E-state index >= 15 is 0 Å². The molecule has 1 aromatic carbocycles. The third kappa shape index (κ3) is 3.95. The number of hydrogen-bond acceptors (Lipinski definition) is 5. The van der Waals surface area contributed by atoms with Crippen molar-refractivity contribution in [1.82, 2.24) is 14.5 Å². The van der Waals surface area contributed by atoms with E-state index in [4.69, 9.17) is 4.74 Å². The number of hydrogen-bond donors (Lipinski definition) is 1. The van der Waals surface area contributed by atoms with Crippen molar-refractivity contribution in [3.63, 3.8) is 0 Å². The lowest BCUT2D eigenvalue weighted by atomic mass is 9.91. The van der Waals surface area contributed by atoms with E-state index in [9.17, 15) is 9.18 Å². The van der Waals surface area contributed by atoms with E-state index in [1.807, 2.05) is 24.5 Å². The van der Waals surface area contributed by atoms with Crippen molar-refractivity contribution in [1.29, 1.82) is 0 Å². The Kier molecular flexibility index (Phi) is 5.22. The van der Waals surface area contributed by atoms with Crippen LogP contribution < -0.4 is 5.32 Å². The van der Waals surface area contributed by atoms with Gasteiger partial charge >= 0.3 is 5.97 Å². The van der Waals surface area contributed by atoms with Crippen LogP contribution in [0.15, 0.2) is 24.3 Å². The van der Waals surface area contributed by atoms with Crippen molar-refractivity contribution in [3.8, 4) is 0 Å². The molecule has 2 aromatic heterocycles. The SMILES string of the molecule is CCOC(=O)Cn1c2c(c3cc(F)ccc31)C[C@@H](Nc1nc(C)cc(C)n1)CC2. The molecule has 1 N–H and O–H groups in total. The van der Waals surface area contributed by atoms with Crippen LogP contribution in [0, 0.1) is 19.7 Å². The van der Waals surface area contributed by atoms with Crippen LogP contribution in [-0.4, -0.2) is 33.2 Å². The number of anilines is 1. The Labute approximate surface area is 169 Å². The molecular formula is C22H25FN4O2. The number of carbonyl (C=O) groups excluding carboxylic acids is 1. The van der Waals surface area contributed by atoms with Gasteiger partial charge in [0, 0.05) is 34.0 Å². The summed E-state index contributed by atoms with van der Waals surface area (Å²) in [5.74, 6) is 0.0686. The van der Waals surface area contributed by atoms with Crippen LogP contribution >= 0.6 is 0 Å². The monoisotopic (exact) mass is 396 g/mol. The van der Waals surface area contributed by atoms with Gasteiger partial charge in [0.25, 0.3) is 0 Å². The molecule has 0 amide bonds. The Balaban J connectivity index is 1.67. The number of ether oxygens (including phenoxy) is 1. The zero-order valence-electron chi connectivity index (χ0n) is 17.0. The van der Waals surface area contributed by atoms with Gasteiger partial charge in [-0.15, -0.1) is 0 Å². The number of rotatable bonds is 5. The fourth-order valence-corrected chi connectivity index (χ4v) is 4.23. The summed E-state index contributed by atoms with van der Waals surface area (Å²) in [6.07, 6.45) is 2.39. The third-order valence-corrected chi connectivity index (χ3v) is 5.34. The molecule has 0 saturated carbocycles. The number of halogens is 1. The summed E-state index contributed by atoms with van der Waals surface area (Å²) in [7, 11) is 0. The summed E-state index contributed by atoms with van der Waals surface area (Å²) in [5.41, 5.74) is 4.87. The van der Waals surface area contributed by atoms with Gasteiger partial charge in [-0.05, 0) is 69.9 Å².